The SMILES string of the molecule is CCOC(=O)c1cnn(-c2ccc(C(=O)Nc3cc(C)ccc3O)cc2)c1C. The van der Waals surface area contributed by atoms with Crippen molar-refractivity contribution in [2.75, 3.05) is 11.9 Å². The van der Waals surface area contributed by atoms with Crippen LogP contribution in [0.4, 0.5) is 5.69 Å². The number of amides is 1. The molecule has 2 aromatic carbocycles. The average Bonchev–Trinajstić information content (AvgIpc) is 3.06. The molecule has 1 heterocycles. The number of esters is 1. The summed E-state index contributed by atoms with van der Waals surface area (Å²) in [6, 6.07) is 11.8. The Morgan fingerprint density at radius 1 is 1.14 bits per heavy atom. The van der Waals surface area contributed by atoms with Crippen molar-refractivity contribution in [2.45, 2.75) is 20.8 Å². The first kappa shape index (κ1) is 19.2. The maximum Gasteiger partial charge on any atom is 0.341 e. The maximum absolute atomic E-state index is 12.5. The number of phenolic OH excluding ortho intramolecular Hbond substituents is 1. The van der Waals surface area contributed by atoms with E-state index in [-0.39, 0.29) is 11.7 Å². The van der Waals surface area contributed by atoms with Crippen molar-refractivity contribution >= 4 is 17.6 Å². The third-order valence-corrected chi connectivity index (χ3v) is 4.28. The van der Waals surface area contributed by atoms with E-state index >= 15 is 0 Å². The topological polar surface area (TPSA) is 93.5 Å². The molecule has 2 N–H and O–H groups in total. The molecular weight excluding hydrogens is 358 g/mol. The van der Waals surface area contributed by atoms with E-state index in [4.69, 9.17) is 4.74 Å². The smallest absolute Gasteiger partial charge is 0.341 e. The molecule has 0 atom stereocenters. The Kier molecular flexibility index (Phi) is 5.44. The fraction of sp³-hybridized carbons (Fsp3) is 0.190. The second-order valence-electron chi connectivity index (χ2n) is 6.30. The molecule has 0 aliphatic rings. The van der Waals surface area contributed by atoms with Crippen LogP contribution in [0.25, 0.3) is 5.69 Å². The highest BCUT2D eigenvalue weighted by molar-refractivity contribution is 6.05. The van der Waals surface area contributed by atoms with Gasteiger partial charge in [0.1, 0.15) is 11.3 Å². The summed E-state index contributed by atoms with van der Waals surface area (Å²) in [6.07, 6.45) is 1.47. The van der Waals surface area contributed by atoms with Crippen molar-refractivity contribution in [3.05, 3.63) is 71.0 Å². The zero-order valence-electron chi connectivity index (χ0n) is 15.9. The van der Waals surface area contributed by atoms with E-state index in [1.807, 2.05) is 6.92 Å². The third kappa shape index (κ3) is 3.88. The second-order valence-corrected chi connectivity index (χ2v) is 6.30. The van der Waals surface area contributed by atoms with Gasteiger partial charge < -0.3 is 15.2 Å². The molecule has 0 unspecified atom stereocenters. The second kappa shape index (κ2) is 7.96. The molecule has 0 aliphatic heterocycles. The number of hydrogen-bond acceptors (Lipinski definition) is 5. The van der Waals surface area contributed by atoms with E-state index in [1.54, 1.807) is 54.9 Å². The van der Waals surface area contributed by atoms with E-state index in [0.29, 0.717) is 34.8 Å². The van der Waals surface area contributed by atoms with Crippen molar-refractivity contribution < 1.29 is 19.4 Å². The molecule has 0 aliphatic carbocycles. The number of aromatic nitrogens is 2. The van der Waals surface area contributed by atoms with Crippen LogP contribution in [0.5, 0.6) is 5.75 Å². The molecule has 0 saturated carbocycles. The average molecular weight is 379 g/mol. The van der Waals surface area contributed by atoms with Gasteiger partial charge in [-0.15, -0.1) is 0 Å². The van der Waals surface area contributed by atoms with Gasteiger partial charge in [-0.25, -0.2) is 9.48 Å². The number of phenols is 1. The number of ether oxygens (including phenoxy) is 1. The number of carbonyl (C=O) groups is 2. The first-order chi connectivity index (χ1) is 13.4. The number of aromatic hydroxyl groups is 1. The monoisotopic (exact) mass is 379 g/mol. The lowest BCUT2D eigenvalue weighted by Crippen LogP contribution is -2.12. The lowest BCUT2D eigenvalue weighted by molar-refractivity contribution is 0.0525. The predicted molar refractivity (Wildman–Crippen MR) is 105 cm³/mol. The van der Waals surface area contributed by atoms with E-state index in [2.05, 4.69) is 10.4 Å². The summed E-state index contributed by atoms with van der Waals surface area (Å²) >= 11 is 0. The number of nitrogens with zero attached hydrogens (tertiary/aromatic N) is 2. The third-order valence-electron chi connectivity index (χ3n) is 4.28. The molecule has 0 saturated heterocycles. The molecule has 0 spiro atoms. The Bertz CT molecular complexity index is 1020. The van der Waals surface area contributed by atoms with Crippen LogP contribution in [0.15, 0.2) is 48.7 Å². The molecule has 1 aromatic heterocycles. The summed E-state index contributed by atoms with van der Waals surface area (Å²) in [5.74, 6) is -0.744. The Labute approximate surface area is 162 Å². The minimum absolute atomic E-state index is 0.00855. The largest absolute Gasteiger partial charge is 0.506 e. The van der Waals surface area contributed by atoms with Crippen molar-refractivity contribution in [3.63, 3.8) is 0 Å². The Morgan fingerprint density at radius 3 is 2.54 bits per heavy atom. The quantitative estimate of drug-likeness (QED) is 0.522. The van der Waals surface area contributed by atoms with Crippen LogP contribution in [-0.4, -0.2) is 33.4 Å². The molecule has 7 heteroatoms. The fourth-order valence-electron chi connectivity index (χ4n) is 2.78. The number of rotatable bonds is 5. The van der Waals surface area contributed by atoms with Crippen LogP contribution < -0.4 is 5.32 Å². The highest BCUT2D eigenvalue weighted by atomic mass is 16.5. The van der Waals surface area contributed by atoms with Gasteiger partial charge in [-0.3, -0.25) is 4.79 Å². The van der Waals surface area contributed by atoms with Gasteiger partial charge in [0, 0.05) is 5.56 Å². The fourth-order valence-corrected chi connectivity index (χ4v) is 2.78. The van der Waals surface area contributed by atoms with Gasteiger partial charge in [0.2, 0.25) is 0 Å². The van der Waals surface area contributed by atoms with Crippen LogP contribution in [0.2, 0.25) is 0 Å². The molecule has 0 radical (unpaired) electrons. The Balaban J connectivity index is 1.79. The van der Waals surface area contributed by atoms with Gasteiger partial charge in [-0.2, -0.15) is 5.10 Å². The van der Waals surface area contributed by atoms with Crippen LogP contribution in [0.1, 0.15) is 38.9 Å². The standard InChI is InChI=1S/C21H21N3O4/c1-4-28-21(27)17-12-22-24(14(17)3)16-8-6-15(7-9-16)20(26)23-18-11-13(2)5-10-19(18)25/h5-12,25H,4H2,1-3H3,(H,23,26). The summed E-state index contributed by atoms with van der Waals surface area (Å²) < 4.78 is 6.63. The maximum atomic E-state index is 12.5. The van der Waals surface area contributed by atoms with Gasteiger partial charge in [-0.05, 0) is 62.7 Å². The van der Waals surface area contributed by atoms with E-state index < -0.39 is 5.97 Å². The van der Waals surface area contributed by atoms with E-state index in [0.717, 1.165) is 5.56 Å². The Hall–Kier alpha value is -3.61. The van der Waals surface area contributed by atoms with E-state index in [1.165, 1.54) is 12.3 Å². The number of aryl methyl sites for hydroxylation is 1. The lowest BCUT2D eigenvalue weighted by Gasteiger charge is -2.09. The molecule has 7 nitrogen and oxygen atoms in total. The summed E-state index contributed by atoms with van der Waals surface area (Å²) in [7, 11) is 0. The zero-order chi connectivity index (χ0) is 20.3. The first-order valence-corrected chi connectivity index (χ1v) is 8.84. The summed E-state index contributed by atoms with van der Waals surface area (Å²) in [4.78, 5) is 24.4. The molecule has 3 rings (SSSR count). The molecule has 144 valence electrons. The Morgan fingerprint density at radius 2 is 1.86 bits per heavy atom. The predicted octanol–water partition coefficient (Wildman–Crippen LogP) is 3.62. The normalized spacial score (nSPS) is 10.5. The van der Waals surface area contributed by atoms with Crippen molar-refractivity contribution in [1.29, 1.82) is 0 Å². The summed E-state index contributed by atoms with van der Waals surface area (Å²) in [6.45, 7) is 5.70. The molecule has 28 heavy (non-hydrogen) atoms. The first-order valence-electron chi connectivity index (χ1n) is 8.84. The van der Waals surface area contributed by atoms with E-state index in [9.17, 15) is 14.7 Å². The number of benzene rings is 2. The van der Waals surface area contributed by atoms with Gasteiger partial charge >= 0.3 is 5.97 Å². The van der Waals surface area contributed by atoms with Crippen molar-refractivity contribution in [1.82, 2.24) is 9.78 Å². The van der Waals surface area contributed by atoms with Crippen LogP contribution >= 0.6 is 0 Å². The minimum atomic E-state index is -0.416. The lowest BCUT2D eigenvalue weighted by atomic mass is 10.1. The van der Waals surface area contributed by atoms with Crippen molar-refractivity contribution in [3.8, 4) is 11.4 Å². The molecule has 0 fully saturated rings. The summed E-state index contributed by atoms with van der Waals surface area (Å²) in [5, 5.41) is 16.8. The number of carbonyl (C=O) groups excluding carboxylic acids is 2. The molecule has 1 amide bonds. The zero-order valence-corrected chi connectivity index (χ0v) is 15.9. The van der Waals surface area contributed by atoms with Crippen LogP contribution in [-0.2, 0) is 4.74 Å². The molecule has 0 bridgehead atoms. The minimum Gasteiger partial charge on any atom is -0.506 e. The van der Waals surface area contributed by atoms with Gasteiger partial charge in [-0.1, -0.05) is 6.07 Å². The van der Waals surface area contributed by atoms with Crippen LogP contribution in [0.3, 0.4) is 0 Å². The van der Waals surface area contributed by atoms with Crippen molar-refractivity contribution in [2.24, 2.45) is 0 Å². The van der Waals surface area contributed by atoms with Gasteiger partial charge in [0.25, 0.3) is 5.91 Å². The van der Waals surface area contributed by atoms with Gasteiger partial charge in [0.05, 0.1) is 29.9 Å². The highest BCUT2D eigenvalue weighted by Gasteiger charge is 2.16. The highest BCUT2D eigenvalue weighted by Crippen LogP contribution is 2.24. The molecular formula is C21H21N3O4. The van der Waals surface area contributed by atoms with Crippen LogP contribution in [0, 0.1) is 13.8 Å². The van der Waals surface area contributed by atoms with Gasteiger partial charge in [0.15, 0.2) is 0 Å². The number of nitrogens with one attached hydrogen (secondary N) is 1. The molecule has 3 aromatic rings. The number of anilines is 1. The number of hydrogen-bond donors (Lipinski definition) is 2. The summed E-state index contributed by atoms with van der Waals surface area (Å²) in [5.41, 5.74) is 3.48.